The lowest BCUT2D eigenvalue weighted by Gasteiger charge is -2.29. The molecule has 28 heteroatoms. The second-order valence-electron chi connectivity index (χ2n) is 13.2. The van der Waals surface area contributed by atoms with Crippen LogP contribution < -0.4 is 21.7 Å². The predicted octanol–water partition coefficient (Wildman–Crippen LogP) is 0.333. The predicted molar refractivity (Wildman–Crippen MR) is 232 cm³/mol. The van der Waals surface area contributed by atoms with Gasteiger partial charge in [0.25, 0.3) is 0 Å². The van der Waals surface area contributed by atoms with Gasteiger partial charge in [0.2, 0.25) is 17.7 Å². The molecule has 0 atom stereocenters. The van der Waals surface area contributed by atoms with Crippen LogP contribution in [0.3, 0.4) is 0 Å². The maximum absolute atomic E-state index is 12.3. The molecule has 0 aromatic rings. The van der Waals surface area contributed by atoms with Crippen molar-refractivity contribution in [3.05, 3.63) is 31.3 Å². The fraction of sp³-hybridized carbons (Fsp3) is 0.919. The summed E-state index contributed by atoms with van der Waals surface area (Å²) in [5.74, 6) is -0.720. The van der Waals surface area contributed by atoms with Crippen molar-refractivity contribution < 1.29 is 71.2 Å². The van der Waals surface area contributed by atoms with E-state index in [9.17, 15) is 14.4 Å². The largest absolute Gasteiger partial charge is 0.379 e. The highest BCUT2D eigenvalue weighted by atomic mass is 16.6. The zero-order chi connectivity index (χ0) is 47.4. The summed E-state index contributed by atoms with van der Waals surface area (Å²) in [5, 5.41) is 18.4. The number of azide groups is 3. The summed E-state index contributed by atoms with van der Waals surface area (Å²) < 4.78 is 65.4. The molecule has 5 N–H and O–H groups in total. The van der Waals surface area contributed by atoms with E-state index in [4.69, 9.17) is 79.2 Å². The van der Waals surface area contributed by atoms with Gasteiger partial charge in [0.1, 0.15) is 0 Å². The molecule has 0 aromatic carbocycles. The number of carbonyl (C=O) groups is 3. The first-order valence-corrected chi connectivity index (χ1v) is 21.4. The molecule has 0 saturated heterocycles. The van der Waals surface area contributed by atoms with Gasteiger partial charge < -0.3 is 78.5 Å². The zero-order valence-corrected chi connectivity index (χ0v) is 37.6. The van der Waals surface area contributed by atoms with E-state index in [1.165, 1.54) is 0 Å². The van der Waals surface area contributed by atoms with Crippen molar-refractivity contribution in [2.24, 2.45) is 21.1 Å². The smallest absolute Gasteiger partial charge is 0.222 e. The lowest BCUT2D eigenvalue weighted by molar-refractivity contribution is -0.123. The molecule has 0 aliphatic rings. The molecule has 0 heterocycles. The molecule has 0 saturated carbocycles. The first kappa shape index (κ1) is 60.8. The quantitative estimate of drug-likeness (QED) is 0.0276. The second kappa shape index (κ2) is 49.3. The highest BCUT2D eigenvalue weighted by molar-refractivity contribution is 5.76. The van der Waals surface area contributed by atoms with Crippen molar-refractivity contribution >= 4 is 17.7 Å². The van der Waals surface area contributed by atoms with E-state index in [0.717, 1.165) is 0 Å². The number of nitrogens with zero attached hydrogens (tertiary/aromatic N) is 9. The van der Waals surface area contributed by atoms with E-state index < -0.39 is 5.54 Å². The number of ether oxygens (including phenoxy) is 12. The first-order chi connectivity index (χ1) is 31.9. The van der Waals surface area contributed by atoms with Gasteiger partial charge >= 0.3 is 0 Å². The van der Waals surface area contributed by atoms with Gasteiger partial charge in [-0.1, -0.05) is 15.3 Å². The van der Waals surface area contributed by atoms with Crippen molar-refractivity contribution in [1.82, 2.24) is 16.0 Å². The van der Waals surface area contributed by atoms with Gasteiger partial charge in [-0.3, -0.25) is 14.4 Å². The molecule has 0 unspecified atom stereocenters. The van der Waals surface area contributed by atoms with E-state index in [1.807, 2.05) is 0 Å². The molecule has 0 spiro atoms. The van der Waals surface area contributed by atoms with E-state index in [2.05, 4.69) is 46.0 Å². The van der Waals surface area contributed by atoms with Crippen LogP contribution in [0.2, 0.25) is 0 Å². The Balaban J connectivity index is 4.40. The van der Waals surface area contributed by atoms with Crippen LogP contribution in [-0.4, -0.2) is 221 Å². The minimum atomic E-state index is -1.15. The van der Waals surface area contributed by atoms with Gasteiger partial charge in [-0.05, 0) is 16.6 Å². The Morgan fingerprint density at radius 2 is 0.600 bits per heavy atom. The maximum atomic E-state index is 12.3. The second-order valence-corrected chi connectivity index (χ2v) is 13.2. The van der Waals surface area contributed by atoms with Crippen LogP contribution >= 0.6 is 0 Å². The summed E-state index contributed by atoms with van der Waals surface area (Å²) in [6.45, 7) is 8.08. The molecule has 0 radical (unpaired) electrons. The summed E-state index contributed by atoms with van der Waals surface area (Å²) in [4.78, 5) is 44.9. The van der Waals surface area contributed by atoms with Crippen molar-refractivity contribution in [1.29, 1.82) is 0 Å². The Bertz CT molecular complexity index is 1160. The zero-order valence-electron chi connectivity index (χ0n) is 37.6. The standard InChI is InChI=1S/C37H71N13O15/c38-37(31-63-10-1-34(51)42-4-13-54-19-25-60-28-22-57-16-7-45-48-39,32-64-11-2-35(52)43-5-14-55-20-26-61-29-23-58-17-8-46-49-40)33-65-12-3-36(53)44-6-15-56-21-27-62-30-24-59-18-9-47-50-41/h1-33,38H2,(H,42,51)(H,43,52)(H,44,53). The molecule has 0 fully saturated rings. The lowest BCUT2D eigenvalue weighted by atomic mass is 10.1. The fourth-order valence-corrected chi connectivity index (χ4v) is 4.57. The van der Waals surface area contributed by atoms with Gasteiger partial charge in [-0.25, -0.2) is 0 Å². The summed E-state index contributed by atoms with van der Waals surface area (Å²) in [6, 6.07) is 0. The third-order valence-corrected chi connectivity index (χ3v) is 7.72. The number of rotatable bonds is 51. The molecule has 3 amide bonds. The van der Waals surface area contributed by atoms with Gasteiger partial charge in [0.05, 0.1) is 164 Å². The van der Waals surface area contributed by atoms with Crippen molar-refractivity contribution in [3.63, 3.8) is 0 Å². The van der Waals surface area contributed by atoms with Crippen LogP contribution in [0.15, 0.2) is 15.3 Å². The normalized spacial score (nSPS) is 11.8. The molecule has 0 aliphatic carbocycles. The minimum Gasteiger partial charge on any atom is -0.379 e. The number of carbonyl (C=O) groups excluding carboxylic acids is 3. The Hall–Kier alpha value is -4.18. The number of hydrogen-bond acceptors (Lipinski definition) is 19. The van der Waals surface area contributed by atoms with Gasteiger partial charge in [-0.15, -0.1) is 0 Å². The summed E-state index contributed by atoms with van der Waals surface area (Å²) in [5.41, 5.74) is 30.1. The third kappa shape index (κ3) is 47.6. The molecule has 28 nitrogen and oxygen atoms in total. The van der Waals surface area contributed by atoms with Crippen molar-refractivity contribution in [2.75, 3.05) is 198 Å². The highest BCUT2D eigenvalue weighted by Gasteiger charge is 2.27. The van der Waals surface area contributed by atoms with Gasteiger partial charge in [0, 0.05) is 73.3 Å². The SMILES string of the molecule is [N-]=[N+]=NCCOCCOCCOCCNC(=O)CCOCC(N)(COCCC(=O)NCCOCCOCCOCCN=[N+]=[N-])COCCC(=O)NCCOCCOCCOCCN=[N+]=[N-]. The highest BCUT2D eigenvalue weighted by Crippen LogP contribution is 2.06. The van der Waals surface area contributed by atoms with Crippen molar-refractivity contribution in [2.45, 2.75) is 24.8 Å². The van der Waals surface area contributed by atoms with Gasteiger partial charge in [0.15, 0.2) is 0 Å². The molecular formula is C37H71N13O15. The molecule has 0 aromatic heterocycles. The number of amides is 3. The third-order valence-electron chi connectivity index (χ3n) is 7.72. The van der Waals surface area contributed by atoms with Crippen LogP contribution in [0.4, 0.5) is 0 Å². The molecule has 0 bridgehead atoms. The van der Waals surface area contributed by atoms with Crippen LogP contribution in [0, 0.1) is 0 Å². The minimum absolute atomic E-state index is 0.0301. The van der Waals surface area contributed by atoms with Crippen molar-refractivity contribution in [3.8, 4) is 0 Å². The van der Waals surface area contributed by atoms with Crippen LogP contribution in [0.1, 0.15) is 19.3 Å². The monoisotopic (exact) mass is 938 g/mol. The average molecular weight is 938 g/mol. The molecular weight excluding hydrogens is 866 g/mol. The van der Waals surface area contributed by atoms with E-state index in [0.29, 0.717) is 139 Å². The summed E-state index contributed by atoms with van der Waals surface area (Å²) in [6.07, 6.45) is 0.211. The van der Waals surface area contributed by atoms with Gasteiger partial charge in [-0.2, -0.15) is 0 Å². The average Bonchev–Trinajstić information content (AvgIpc) is 3.30. The number of nitrogens with one attached hydrogen (secondary N) is 3. The lowest BCUT2D eigenvalue weighted by Crippen LogP contribution is -2.53. The van der Waals surface area contributed by atoms with E-state index >= 15 is 0 Å². The fourth-order valence-electron chi connectivity index (χ4n) is 4.57. The van der Waals surface area contributed by atoms with Crippen LogP contribution in [-0.2, 0) is 71.2 Å². The van der Waals surface area contributed by atoms with E-state index in [-0.39, 0.29) is 96.3 Å². The Kier molecular flexibility index (Phi) is 46.1. The van der Waals surface area contributed by atoms with E-state index in [1.54, 1.807) is 0 Å². The number of hydrogen-bond donors (Lipinski definition) is 4. The topological polar surface area (TPSA) is 370 Å². The Morgan fingerprint density at radius 3 is 0.846 bits per heavy atom. The molecule has 0 rings (SSSR count). The maximum Gasteiger partial charge on any atom is 0.222 e. The molecule has 65 heavy (non-hydrogen) atoms. The molecule has 374 valence electrons. The van der Waals surface area contributed by atoms with Crippen LogP contribution in [0.25, 0.3) is 31.3 Å². The Morgan fingerprint density at radius 1 is 0.369 bits per heavy atom. The van der Waals surface area contributed by atoms with Crippen LogP contribution in [0.5, 0.6) is 0 Å². The first-order valence-electron chi connectivity index (χ1n) is 21.4. The summed E-state index contributed by atoms with van der Waals surface area (Å²) in [7, 11) is 0. The Labute approximate surface area is 379 Å². The molecule has 0 aliphatic heterocycles. The number of nitrogens with two attached hydrogens (primary N) is 1. The summed E-state index contributed by atoms with van der Waals surface area (Å²) >= 11 is 0.